The van der Waals surface area contributed by atoms with Crippen molar-refractivity contribution in [1.82, 2.24) is 19.1 Å². The van der Waals surface area contributed by atoms with Gasteiger partial charge in [0, 0.05) is 54.8 Å². The summed E-state index contributed by atoms with van der Waals surface area (Å²) in [6.45, 7) is 0. The van der Waals surface area contributed by atoms with Gasteiger partial charge in [0.1, 0.15) is 0 Å². The number of nitrogens with zero attached hydrogens (tertiary/aromatic N) is 6. The van der Waals surface area contributed by atoms with Crippen LogP contribution in [0.5, 0.6) is 0 Å². The van der Waals surface area contributed by atoms with Gasteiger partial charge in [-0.3, -0.25) is 0 Å². The molecule has 0 saturated carbocycles. The van der Waals surface area contributed by atoms with E-state index in [2.05, 4.69) is 215 Å². The second kappa shape index (κ2) is 17.0. The summed E-state index contributed by atoms with van der Waals surface area (Å²) in [5.74, 6) is 0. The monoisotopic (exact) mass is 964 g/mol. The predicted molar refractivity (Wildman–Crippen MR) is 312 cm³/mol. The van der Waals surface area contributed by atoms with Crippen molar-refractivity contribution in [2.45, 2.75) is 0 Å². The third-order valence-electron chi connectivity index (χ3n) is 15.3. The molecule has 0 N–H and O–H groups in total. The number of nitriles is 2. The van der Waals surface area contributed by atoms with Gasteiger partial charge in [-0.05, 0) is 165 Å². The Kier molecular flexibility index (Phi) is 9.59. The molecule has 6 nitrogen and oxygen atoms in total. The molecule has 0 atom stereocenters. The fourth-order valence-electron chi connectivity index (χ4n) is 11.8. The molecule has 4 aromatic heterocycles. The molecule has 76 heavy (non-hydrogen) atoms. The standard InChI is InChI=1S/C70H40N6/c71-41-43-19-31-65-55(35-43)57-37-49(25-33-67(57)75(65)51-13-3-1-4-14-51)47-21-27-53-59(39-47)69(63-29-23-45-11-7-9-17-61(45)73-63)54-28-22-48(40-60(54)70(53)64-30-24-46-12-8-10-18-62(46)74-64)50-26-34-68-58(38-50)56-36-44(42-72)20-32-66(56)76(68)52-15-5-2-6-16-52/h1-40H. The number of hydrogen-bond donors (Lipinski definition) is 0. The third kappa shape index (κ3) is 6.72. The number of pyridine rings is 2. The van der Waals surface area contributed by atoms with Gasteiger partial charge in [-0.1, -0.05) is 121 Å². The molecular formula is C70H40N6. The van der Waals surface area contributed by atoms with E-state index in [0.29, 0.717) is 11.1 Å². The van der Waals surface area contributed by atoms with Crippen LogP contribution in [0, 0.1) is 22.7 Å². The van der Waals surface area contributed by atoms with Crippen molar-refractivity contribution in [3.63, 3.8) is 0 Å². The summed E-state index contributed by atoms with van der Waals surface area (Å²) >= 11 is 0. The van der Waals surface area contributed by atoms with Gasteiger partial charge in [-0.2, -0.15) is 10.5 Å². The van der Waals surface area contributed by atoms with Crippen molar-refractivity contribution in [2.75, 3.05) is 0 Å². The van der Waals surface area contributed by atoms with Crippen LogP contribution in [0.1, 0.15) is 11.1 Å². The Bertz CT molecular complexity index is 4700. The van der Waals surface area contributed by atoms with E-state index in [1.807, 2.05) is 48.5 Å². The smallest absolute Gasteiger partial charge is 0.0991 e. The molecule has 0 radical (unpaired) electrons. The SMILES string of the molecule is N#Cc1ccc2c(c1)c1cc(-c3ccc4c(-c5ccc6ccccc6n5)c5cc(-c6ccc7c(c6)c6cc(C#N)ccc6n7-c6ccccc6)ccc5c(-c5ccc6ccccc6n5)c4c3)ccc1n2-c1ccccc1. The maximum absolute atomic E-state index is 10.1. The number of hydrogen-bond acceptors (Lipinski definition) is 4. The van der Waals surface area contributed by atoms with Gasteiger partial charge >= 0.3 is 0 Å². The second-order valence-corrected chi connectivity index (χ2v) is 19.5. The number of aromatic nitrogens is 4. The minimum absolute atomic E-state index is 0.624. The second-order valence-electron chi connectivity index (χ2n) is 19.5. The van der Waals surface area contributed by atoms with Crippen molar-refractivity contribution in [3.05, 3.63) is 254 Å². The van der Waals surface area contributed by atoms with E-state index in [1.165, 1.54) is 0 Å². The maximum atomic E-state index is 10.1. The number of fused-ring (bicyclic) bond motifs is 10. The van der Waals surface area contributed by atoms with E-state index in [0.717, 1.165) is 143 Å². The first-order chi connectivity index (χ1) is 37.6. The van der Waals surface area contributed by atoms with Crippen LogP contribution in [0.2, 0.25) is 0 Å². The first kappa shape index (κ1) is 43.0. The highest BCUT2D eigenvalue weighted by Crippen LogP contribution is 2.47. The average Bonchev–Trinajstić information content (AvgIpc) is 4.07. The van der Waals surface area contributed by atoms with Gasteiger partial charge in [0.25, 0.3) is 0 Å². The van der Waals surface area contributed by atoms with Crippen LogP contribution in [0.15, 0.2) is 243 Å². The summed E-state index contributed by atoms with van der Waals surface area (Å²) < 4.78 is 4.57. The molecule has 0 bridgehead atoms. The zero-order valence-corrected chi connectivity index (χ0v) is 40.8. The Hall–Kier alpha value is -10.7. The van der Waals surface area contributed by atoms with E-state index in [9.17, 15) is 10.5 Å². The number of rotatable bonds is 6. The molecule has 15 rings (SSSR count). The Morgan fingerprint density at radius 2 is 0.645 bits per heavy atom. The summed E-state index contributed by atoms with van der Waals surface area (Å²) in [5, 5.41) is 30.7. The normalized spacial score (nSPS) is 11.7. The van der Waals surface area contributed by atoms with Gasteiger partial charge < -0.3 is 9.13 Å². The van der Waals surface area contributed by atoms with Crippen LogP contribution in [-0.2, 0) is 0 Å². The summed E-state index contributed by atoms with van der Waals surface area (Å²) in [4.78, 5) is 10.9. The largest absolute Gasteiger partial charge is 0.309 e. The lowest BCUT2D eigenvalue weighted by Gasteiger charge is -2.19. The molecule has 350 valence electrons. The first-order valence-electron chi connectivity index (χ1n) is 25.4. The maximum Gasteiger partial charge on any atom is 0.0991 e. The van der Waals surface area contributed by atoms with Gasteiger partial charge in [-0.25, -0.2) is 9.97 Å². The fourth-order valence-corrected chi connectivity index (χ4v) is 11.8. The van der Waals surface area contributed by atoms with E-state index in [1.54, 1.807) is 0 Å². The van der Waals surface area contributed by atoms with Gasteiger partial charge in [0.15, 0.2) is 0 Å². The molecule has 6 heteroatoms. The zero-order chi connectivity index (χ0) is 50.4. The Morgan fingerprint density at radius 1 is 0.289 bits per heavy atom. The minimum atomic E-state index is 0.624. The van der Waals surface area contributed by atoms with E-state index in [4.69, 9.17) is 9.97 Å². The predicted octanol–water partition coefficient (Wildman–Crippen LogP) is 17.7. The summed E-state index contributed by atoms with van der Waals surface area (Å²) in [6.07, 6.45) is 0. The molecule has 0 amide bonds. The van der Waals surface area contributed by atoms with Crippen molar-refractivity contribution < 1.29 is 0 Å². The molecule has 0 aliphatic rings. The number of para-hydroxylation sites is 4. The molecule has 0 aliphatic heterocycles. The van der Waals surface area contributed by atoms with Crippen LogP contribution in [0.25, 0.3) is 143 Å². The van der Waals surface area contributed by atoms with Crippen LogP contribution in [-0.4, -0.2) is 19.1 Å². The summed E-state index contributed by atoms with van der Waals surface area (Å²) in [6, 6.07) is 90.0. The van der Waals surface area contributed by atoms with E-state index in [-0.39, 0.29) is 0 Å². The Balaban J connectivity index is 1.01. The number of benzene rings is 11. The van der Waals surface area contributed by atoms with Gasteiger partial charge in [0.2, 0.25) is 0 Å². The van der Waals surface area contributed by atoms with Gasteiger partial charge in [0.05, 0.1) is 67.8 Å². The van der Waals surface area contributed by atoms with Crippen LogP contribution in [0.3, 0.4) is 0 Å². The van der Waals surface area contributed by atoms with Crippen LogP contribution in [0.4, 0.5) is 0 Å². The fraction of sp³-hybridized carbons (Fsp3) is 0. The lowest BCUT2D eigenvalue weighted by molar-refractivity contribution is 1.18. The minimum Gasteiger partial charge on any atom is -0.309 e. The lowest BCUT2D eigenvalue weighted by atomic mass is 9.85. The zero-order valence-electron chi connectivity index (χ0n) is 40.8. The molecule has 0 spiro atoms. The van der Waals surface area contributed by atoms with Crippen molar-refractivity contribution in [1.29, 1.82) is 10.5 Å². The third-order valence-corrected chi connectivity index (χ3v) is 15.3. The first-order valence-corrected chi connectivity index (χ1v) is 25.4. The lowest BCUT2D eigenvalue weighted by Crippen LogP contribution is -1.96. The van der Waals surface area contributed by atoms with Crippen molar-refractivity contribution in [3.8, 4) is 68.3 Å². The van der Waals surface area contributed by atoms with E-state index >= 15 is 0 Å². The van der Waals surface area contributed by atoms with Crippen LogP contribution < -0.4 is 0 Å². The molecule has 4 heterocycles. The summed E-state index contributed by atoms with van der Waals surface area (Å²) in [7, 11) is 0. The highest BCUT2D eigenvalue weighted by atomic mass is 15.0. The average molecular weight is 965 g/mol. The topological polar surface area (TPSA) is 83.2 Å². The molecule has 15 aromatic rings. The summed E-state index contributed by atoms with van der Waals surface area (Å²) in [5.41, 5.74) is 17.5. The molecule has 0 fully saturated rings. The highest BCUT2D eigenvalue weighted by molar-refractivity contribution is 6.23. The van der Waals surface area contributed by atoms with Crippen molar-refractivity contribution >= 4 is 87.0 Å². The quantitative estimate of drug-likeness (QED) is 0.155. The highest BCUT2D eigenvalue weighted by Gasteiger charge is 2.22. The molecule has 0 unspecified atom stereocenters. The van der Waals surface area contributed by atoms with Crippen LogP contribution >= 0.6 is 0 Å². The molecule has 0 aliphatic carbocycles. The Labute approximate surface area is 436 Å². The Morgan fingerprint density at radius 3 is 1.07 bits per heavy atom. The van der Waals surface area contributed by atoms with Crippen molar-refractivity contribution in [2.24, 2.45) is 0 Å². The molecule has 0 saturated heterocycles. The molecule has 11 aromatic carbocycles. The van der Waals surface area contributed by atoms with E-state index < -0.39 is 0 Å². The molecular weight excluding hydrogens is 925 g/mol. The van der Waals surface area contributed by atoms with Gasteiger partial charge in [-0.15, -0.1) is 0 Å².